The van der Waals surface area contributed by atoms with E-state index in [4.69, 9.17) is 14.2 Å². The minimum absolute atomic E-state index is 0.493. The highest BCUT2D eigenvalue weighted by atomic mass is 32.3. The van der Waals surface area contributed by atoms with Crippen LogP contribution in [-0.4, -0.2) is 14.7 Å². The summed E-state index contributed by atoms with van der Waals surface area (Å²) in [7, 11) is -4.17. The molecule has 0 aliphatic heterocycles. The van der Waals surface area contributed by atoms with Crippen LogP contribution in [0.1, 0.15) is 13.8 Å². The van der Waals surface area contributed by atoms with E-state index in [9.17, 15) is 3.89 Å². The first-order valence-corrected chi connectivity index (χ1v) is 5.89. The smallest absolute Gasteiger partial charge is 0.299 e. The van der Waals surface area contributed by atoms with Crippen molar-refractivity contribution in [3.05, 3.63) is 30.3 Å². The summed E-state index contributed by atoms with van der Waals surface area (Å²) >= 11 is 0. The van der Waals surface area contributed by atoms with E-state index < -0.39 is 10.2 Å². The molecule has 0 heterocycles. The number of benzene rings is 1. The topological polar surface area (TPSA) is 60.2 Å². The number of rotatable bonds is 0. The minimum Gasteiger partial charge on any atom is -0.399 e. The van der Waals surface area contributed by atoms with Crippen molar-refractivity contribution in [1.82, 2.24) is 0 Å². The zero-order valence-electron chi connectivity index (χ0n) is 8.57. The van der Waals surface area contributed by atoms with Gasteiger partial charge < -0.3 is 5.73 Å². The second kappa shape index (κ2) is 8.50. The van der Waals surface area contributed by atoms with E-state index in [-0.39, 0.29) is 0 Å². The van der Waals surface area contributed by atoms with Crippen LogP contribution >= 0.6 is 0 Å². The molecule has 1 rings (SSSR count). The molecule has 1 aromatic rings. The molecule has 0 saturated carbocycles. The third-order valence-electron chi connectivity index (χ3n) is 0.800. The summed E-state index contributed by atoms with van der Waals surface area (Å²) in [4.78, 5) is 0. The lowest BCUT2D eigenvalue weighted by Gasteiger charge is -1.83. The highest BCUT2D eigenvalue weighted by Crippen LogP contribution is 1.95. The summed E-state index contributed by atoms with van der Waals surface area (Å²) in [6, 6.07) is 9.49. The summed E-state index contributed by atoms with van der Waals surface area (Å²) in [5, 5.41) is 0. The van der Waals surface area contributed by atoms with Crippen molar-refractivity contribution in [2.75, 3.05) is 12.0 Å². The molecule has 0 amide bonds. The van der Waals surface area contributed by atoms with Gasteiger partial charge in [0, 0.05) is 5.69 Å². The molecule has 3 nitrogen and oxygen atoms in total. The predicted octanol–water partition coefficient (Wildman–Crippen LogP) is 2.21. The Morgan fingerprint density at radius 3 is 1.57 bits per heavy atom. The number of halogens is 1. The summed E-state index contributed by atoms with van der Waals surface area (Å²) in [5.41, 5.74) is 6.18. The van der Waals surface area contributed by atoms with Crippen LogP contribution in [0.3, 0.4) is 0 Å². The van der Waals surface area contributed by atoms with Gasteiger partial charge in [-0.1, -0.05) is 32.0 Å². The lowest BCUT2D eigenvalue weighted by molar-refractivity contribution is 0.559. The number of anilines is 1. The maximum atomic E-state index is 10.7. The summed E-state index contributed by atoms with van der Waals surface area (Å²) in [5.74, 6) is 0. The molecule has 0 unspecified atom stereocenters. The fraction of sp³-hybridized carbons (Fsp3) is 0.333. The van der Waals surface area contributed by atoms with E-state index in [1.807, 2.05) is 44.2 Å². The van der Waals surface area contributed by atoms with Crippen LogP contribution in [-0.2, 0) is 10.2 Å². The van der Waals surface area contributed by atoms with Gasteiger partial charge >= 0.3 is 0 Å². The first-order valence-electron chi connectivity index (χ1n) is 4.10. The van der Waals surface area contributed by atoms with E-state index in [1.165, 1.54) is 0 Å². The normalized spacial score (nSPS) is 8.86. The second-order valence-electron chi connectivity index (χ2n) is 2.09. The number of nitrogens with two attached hydrogens (primary N) is 1. The van der Waals surface area contributed by atoms with Gasteiger partial charge in [0.1, 0.15) is 0 Å². The molecule has 0 radical (unpaired) electrons. The van der Waals surface area contributed by atoms with Crippen LogP contribution < -0.4 is 5.73 Å². The quantitative estimate of drug-likeness (QED) is 0.539. The van der Waals surface area contributed by atoms with Gasteiger partial charge in [0.25, 0.3) is 10.2 Å². The maximum Gasteiger partial charge on any atom is 0.299 e. The lowest BCUT2D eigenvalue weighted by Crippen LogP contribution is -1.79. The van der Waals surface area contributed by atoms with Gasteiger partial charge in [-0.05, 0) is 12.1 Å². The van der Waals surface area contributed by atoms with E-state index in [0.29, 0.717) is 6.26 Å². The number of hydrogen-bond donors (Lipinski definition) is 1. The number of nitrogen functional groups attached to an aromatic ring is 1. The Bertz CT molecular complexity index is 303. The Morgan fingerprint density at radius 1 is 1.14 bits per heavy atom. The Hall–Kier alpha value is -1.10. The van der Waals surface area contributed by atoms with Crippen molar-refractivity contribution in [3.8, 4) is 0 Å². The van der Waals surface area contributed by atoms with Crippen LogP contribution in [0.25, 0.3) is 0 Å². The Kier molecular flexibility index (Phi) is 9.33. The van der Waals surface area contributed by atoms with Gasteiger partial charge in [-0.2, -0.15) is 8.42 Å². The van der Waals surface area contributed by atoms with E-state index in [0.717, 1.165) is 5.69 Å². The number of hydrogen-bond acceptors (Lipinski definition) is 3. The zero-order valence-corrected chi connectivity index (χ0v) is 9.38. The molecule has 0 bridgehead atoms. The molecule has 2 N–H and O–H groups in total. The van der Waals surface area contributed by atoms with Crippen molar-refractivity contribution >= 4 is 15.9 Å². The maximum absolute atomic E-state index is 10.7. The van der Waals surface area contributed by atoms with Crippen LogP contribution in [0, 0.1) is 0 Å². The molecule has 0 aliphatic carbocycles. The Morgan fingerprint density at radius 2 is 1.43 bits per heavy atom. The lowest BCUT2D eigenvalue weighted by atomic mass is 10.3. The fourth-order valence-electron chi connectivity index (χ4n) is 0.453. The first kappa shape index (κ1) is 15.4. The molecule has 0 aromatic heterocycles. The average molecular weight is 221 g/mol. The van der Waals surface area contributed by atoms with E-state index >= 15 is 0 Å². The third-order valence-corrected chi connectivity index (χ3v) is 0.800. The van der Waals surface area contributed by atoms with Crippen LogP contribution in [0.15, 0.2) is 30.3 Å². The molecule has 0 spiro atoms. The van der Waals surface area contributed by atoms with Gasteiger partial charge in [-0.15, -0.1) is 3.89 Å². The molecule has 5 heteroatoms. The zero-order chi connectivity index (χ0) is 11.6. The molecular weight excluding hydrogens is 205 g/mol. The van der Waals surface area contributed by atoms with Crippen LogP contribution in [0.4, 0.5) is 9.57 Å². The fourth-order valence-corrected chi connectivity index (χ4v) is 0.453. The van der Waals surface area contributed by atoms with Crippen molar-refractivity contribution in [3.63, 3.8) is 0 Å². The van der Waals surface area contributed by atoms with Crippen molar-refractivity contribution in [2.24, 2.45) is 0 Å². The SMILES string of the molecule is CC.CS(=O)(=O)F.Nc1ccccc1. The average Bonchev–Trinajstić information content (AvgIpc) is 2.06. The standard InChI is InChI=1S/C6H7N.C2H6.CH3FO2S/c7-6-4-2-1-3-5-6;1-2;1-5(2,3)4/h1-5H,7H2;1-2H3;1H3. The van der Waals surface area contributed by atoms with Gasteiger partial charge in [-0.3, -0.25) is 0 Å². The van der Waals surface area contributed by atoms with Crippen molar-refractivity contribution < 1.29 is 12.3 Å². The monoisotopic (exact) mass is 221 g/mol. The summed E-state index contributed by atoms with van der Waals surface area (Å²) in [6.45, 7) is 4.00. The minimum atomic E-state index is -4.17. The highest BCUT2D eigenvalue weighted by Gasteiger charge is 1.86. The van der Waals surface area contributed by atoms with Crippen LogP contribution in [0.2, 0.25) is 0 Å². The second-order valence-corrected chi connectivity index (χ2v) is 3.46. The van der Waals surface area contributed by atoms with E-state index in [1.54, 1.807) is 0 Å². The molecule has 0 saturated heterocycles. The summed E-state index contributed by atoms with van der Waals surface area (Å²) < 4.78 is 28.6. The number of para-hydroxylation sites is 1. The molecule has 1 aromatic carbocycles. The van der Waals surface area contributed by atoms with E-state index in [2.05, 4.69) is 0 Å². The largest absolute Gasteiger partial charge is 0.399 e. The van der Waals surface area contributed by atoms with Crippen molar-refractivity contribution in [1.29, 1.82) is 0 Å². The van der Waals surface area contributed by atoms with Gasteiger partial charge in [0.05, 0.1) is 6.26 Å². The molecule has 0 aliphatic rings. The Balaban J connectivity index is 0. The third kappa shape index (κ3) is 22.4. The summed E-state index contributed by atoms with van der Waals surface area (Å²) in [6.07, 6.45) is 0.493. The Labute approximate surface area is 85.0 Å². The molecule has 14 heavy (non-hydrogen) atoms. The molecular formula is C9H16FNO2S. The molecule has 0 atom stereocenters. The van der Waals surface area contributed by atoms with Crippen molar-refractivity contribution in [2.45, 2.75) is 13.8 Å². The van der Waals surface area contributed by atoms with Crippen LogP contribution in [0.5, 0.6) is 0 Å². The van der Waals surface area contributed by atoms with Gasteiger partial charge in [0.15, 0.2) is 0 Å². The first-order chi connectivity index (χ1) is 6.39. The molecule has 0 fully saturated rings. The highest BCUT2D eigenvalue weighted by molar-refractivity contribution is 7.85. The molecule has 82 valence electrons. The predicted molar refractivity (Wildman–Crippen MR) is 58.2 cm³/mol. The van der Waals surface area contributed by atoms with Gasteiger partial charge in [-0.25, -0.2) is 0 Å². The van der Waals surface area contributed by atoms with Gasteiger partial charge in [0.2, 0.25) is 0 Å².